The summed E-state index contributed by atoms with van der Waals surface area (Å²) in [5.74, 6) is -1.72. The van der Waals surface area contributed by atoms with Crippen molar-refractivity contribution in [3.8, 4) is 16.9 Å². The van der Waals surface area contributed by atoms with Crippen LogP contribution in [-0.4, -0.2) is 11.1 Å². The summed E-state index contributed by atoms with van der Waals surface area (Å²) >= 11 is 0. The van der Waals surface area contributed by atoms with Crippen LogP contribution in [0.5, 0.6) is 5.75 Å². The van der Waals surface area contributed by atoms with E-state index in [-0.39, 0.29) is 17.9 Å². The van der Waals surface area contributed by atoms with Crippen molar-refractivity contribution < 1.29 is 27.8 Å². The van der Waals surface area contributed by atoms with E-state index in [9.17, 15) is 18.0 Å². The first-order chi connectivity index (χ1) is 13.7. The molecule has 6 heteroatoms. The Balaban J connectivity index is 2.08. The normalized spacial score (nSPS) is 11.3. The summed E-state index contributed by atoms with van der Waals surface area (Å²) in [6.07, 6.45) is -5.50. The maximum absolute atomic E-state index is 13.8. The van der Waals surface area contributed by atoms with E-state index in [1.807, 2.05) is 19.1 Å². The number of rotatable bonds is 6. The molecule has 0 amide bonds. The molecule has 1 N–H and O–H groups in total. The zero-order valence-corrected chi connectivity index (χ0v) is 15.7. The number of hydrogen-bond donors (Lipinski definition) is 1. The highest BCUT2D eigenvalue weighted by Crippen LogP contribution is 2.42. The van der Waals surface area contributed by atoms with Gasteiger partial charge in [-0.25, -0.2) is 0 Å². The van der Waals surface area contributed by atoms with E-state index in [1.54, 1.807) is 42.5 Å². The van der Waals surface area contributed by atoms with Gasteiger partial charge in [0.05, 0.1) is 6.42 Å². The van der Waals surface area contributed by atoms with Crippen molar-refractivity contribution in [1.82, 2.24) is 0 Å². The molecule has 3 rings (SSSR count). The number of carboxylic acid groups (broad SMARTS) is 1. The van der Waals surface area contributed by atoms with Crippen LogP contribution < -0.4 is 4.74 Å². The largest absolute Gasteiger partial charge is 0.488 e. The summed E-state index contributed by atoms with van der Waals surface area (Å²) in [5.41, 5.74) is 1.51. The fraction of sp³-hybridized carbons (Fsp3) is 0.174. The lowest BCUT2D eigenvalue weighted by Crippen LogP contribution is -2.15. The summed E-state index contributed by atoms with van der Waals surface area (Å²) in [5, 5.41) is 9.14. The fourth-order valence-corrected chi connectivity index (χ4v) is 3.05. The molecule has 0 saturated carbocycles. The summed E-state index contributed by atoms with van der Waals surface area (Å²) in [6.45, 7) is 1.85. The highest BCUT2D eigenvalue weighted by atomic mass is 19.4. The van der Waals surface area contributed by atoms with E-state index >= 15 is 0 Å². The van der Waals surface area contributed by atoms with E-state index in [4.69, 9.17) is 9.84 Å². The summed E-state index contributed by atoms with van der Waals surface area (Å²) in [7, 11) is 0. The zero-order chi connectivity index (χ0) is 21.0. The van der Waals surface area contributed by atoms with E-state index in [0.29, 0.717) is 16.7 Å². The lowest BCUT2D eigenvalue weighted by atomic mass is 9.96. The molecule has 3 aromatic rings. The third kappa shape index (κ3) is 5.16. The Morgan fingerprint density at radius 2 is 1.62 bits per heavy atom. The molecule has 150 valence electrons. The van der Waals surface area contributed by atoms with Crippen LogP contribution in [0, 0.1) is 6.92 Å². The lowest BCUT2D eigenvalue weighted by molar-refractivity contribution is -0.140. The number of benzene rings is 3. The van der Waals surface area contributed by atoms with Gasteiger partial charge in [0.2, 0.25) is 0 Å². The van der Waals surface area contributed by atoms with Gasteiger partial charge in [0.15, 0.2) is 0 Å². The lowest BCUT2D eigenvalue weighted by Gasteiger charge is -2.19. The molecule has 0 fully saturated rings. The van der Waals surface area contributed by atoms with Crippen LogP contribution in [0.15, 0.2) is 66.7 Å². The fourth-order valence-electron chi connectivity index (χ4n) is 3.05. The second-order valence-electron chi connectivity index (χ2n) is 6.72. The van der Waals surface area contributed by atoms with Gasteiger partial charge in [0.25, 0.3) is 0 Å². The van der Waals surface area contributed by atoms with Gasteiger partial charge in [-0.1, -0.05) is 60.2 Å². The predicted molar refractivity (Wildman–Crippen MR) is 104 cm³/mol. The van der Waals surface area contributed by atoms with E-state index < -0.39 is 24.1 Å². The molecule has 0 atom stereocenters. The molecule has 0 bridgehead atoms. The van der Waals surface area contributed by atoms with Crippen molar-refractivity contribution >= 4 is 5.97 Å². The smallest absolute Gasteiger partial charge is 0.420 e. The van der Waals surface area contributed by atoms with Crippen molar-refractivity contribution in [3.05, 3.63) is 89.0 Å². The Kier molecular flexibility index (Phi) is 5.92. The Morgan fingerprint density at radius 3 is 2.21 bits per heavy atom. The number of alkyl halides is 3. The molecule has 3 nitrogen and oxygen atoms in total. The van der Waals surface area contributed by atoms with Crippen LogP contribution in [0.25, 0.3) is 11.1 Å². The average molecular weight is 400 g/mol. The van der Waals surface area contributed by atoms with Crippen LogP contribution in [0.3, 0.4) is 0 Å². The van der Waals surface area contributed by atoms with Gasteiger partial charge in [-0.3, -0.25) is 4.79 Å². The molecule has 0 unspecified atom stereocenters. The van der Waals surface area contributed by atoms with E-state index in [2.05, 4.69) is 0 Å². The van der Waals surface area contributed by atoms with Gasteiger partial charge < -0.3 is 9.84 Å². The van der Waals surface area contributed by atoms with Crippen molar-refractivity contribution in [3.63, 3.8) is 0 Å². The Morgan fingerprint density at radius 1 is 0.966 bits per heavy atom. The molecule has 3 aromatic carbocycles. The molecule has 0 heterocycles. The van der Waals surface area contributed by atoms with Gasteiger partial charge >= 0.3 is 12.1 Å². The first kappa shape index (κ1) is 20.5. The van der Waals surface area contributed by atoms with E-state index in [0.717, 1.165) is 5.56 Å². The monoisotopic (exact) mass is 400 g/mol. The summed E-state index contributed by atoms with van der Waals surface area (Å²) < 4.78 is 47.0. The van der Waals surface area contributed by atoms with Gasteiger partial charge in [0.1, 0.15) is 17.9 Å². The molecule has 0 spiro atoms. The summed E-state index contributed by atoms with van der Waals surface area (Å²) in [6, 6.07) is 18.6. The maximum atomic E-state index is 13.8. The standard InChI is InChI=1S/C23H19F3O3/c1-15-7-9-16(10-8-15)14-29-20-12-18(17-5-3-2-4-6-17)11-19(13-21(27)28)22(20)23(24,25)26/h2-12H,13-14H2,1H3,(H,27,28). The Labute approximate surface area is 166 Å². The molecule has 29 heavy (non-hydrogen) atoms. The van der Waals surface area contributed by atoms with Crippen LogP contribution >= 0.6 is 0 Å². The first-order valence-corrected chi connectivity index (χ1v) is 8.93. The maximum Gasteiger partial charge on any atom is 0.420 e. The van der Waals surface area contributed by atoms with Crippen molar-refractivity contribution in [1.29, 1.82) is 0 Å². The number of hydrogen-bond acceptors (Lipinski definition) is 2. The predicted octanol–water partition coefficient (Wildman–Crippen LogP) is 5.89. The quantitative estimate of drug-likeness (QED) is 0.561. The van der Waals surface area contributed by atoms with Crippen LogP contribution in [0.2, 0.25) is 0 Å². The number of halogens is 3. The zero-order valence-electron chi connectivity index (χ0n) is 15.7. The highest BCUT2D eigenvalue weighted by molar-refractivity contribution is 5.75. The van der Waals surface area contributed by atoms with Crippen LogP contribution in [0.1, 0.15) is 22.3 Å². The minimum absolute atomic E-state index is 0.0614. The van der Waals surface area contributed by atoms with Gasteiger partial charge in [-0.2, -0.15) is 13.2 Å². The molecule has 0 aliphatic rings. The minimum atomic E-state index is -4.75. The molecular formula is C23H19F3O3. The Bertz CT molecular complexity index is 994. The molecule has 0 aliphatic carbocycles. The molecule has 0 radical (unpaired) electrons. The molecule has 0 saturated heterocycles. The SMILES string of the molecule is Cc1ccc(COc2cc(-c3ccccc3)cc(CC(=O)O)c2C(F)(F)F)cc1. The summed E-state index contributed by atoms with van der Waals surface area (Å²) in [4.78, 5) is 11.2. The Hall–Kier alpha value is -3.28. The molecule has 0 aromatic heterocycles. The average Bonchev–Trinajstić information content (AvgIpc) is 2.66. The van der Waals surface area contributed by atoms with Gasteiger partial charge in [-0.15, -0.1) is 0 Å². The number of carboxylic acids is 1. The third-order valence-corrected chi connectivity index (χ3v) is 4.43. The van der Waals surface area contributed by atoms with Crippen molar-refractivity contribution in [2.45, 2.75) is 26.1 Å². The number of ether oxygens (including phenoxy) is 1. The second kappa shape index (κ2) is 8.39. The minimum Gasteiger partial charge on any atom is -0.488 e. The third-order valence-electron chi connectivity index (χ3n) is 4.43. The van der Waals surface area contributed by atoms with Crippen LogP contribution in [0.4, 0.5) is 13.2 Å². The van der Waals surface area contributed by atoms with Crippen molar-refractivity contribution in [2.75, 3.05) is 0 Å². The van der Waals surface area contributed by atoms with E-state index in [1.165, 1.54) is 12.1 Å². The van der Waals surface area contributed by atoms with Gasteiger partial charge in [0, 0.05) is 0 Å². The molecular weight excluding hydrogens is 381 g/mol. The van der Waals surface area contributed by atoms with Crippen LogP contribution in [-0.2, 0) is 24.0 Å². The number of aryl methyl sites for hydroxylation is 1. The van der Waals surface area contributed by atoms with Crippen molar-refractivity contribution in [2.24, 2.45) is 0 Å². The number of carbonyl (C=O) groups is 1. The molecule has 0 aliphatic heterocycles. The number of aliphatic carboxylic acids is 1. The second-order valence-corrected chi connectivity index (χ2v) is 6.72. The highest BCUT2D eigenvalue weighted by Gasteiger charge is 2.38. The first-order valence-electron chi connectivity index (χ1n) is 8.93. The topological polar surface area (TPSA) is 46.5 Å². The van der Waals surface area contributed by atoms with Gasteiger partial charge in [-0.05, 0) is 41.3 Å².